The zero-order valence-corrected chi connectivity index (χ0v) is 9.45. The van der Waals surface area contributed by atoms with E-state index >= 15 is 0 Å². The molecule has 0 radical (unpaired) electrons. The van der Waals surface area contributed by atoms with Gasteiger partial charge in [-0.2, -0.15) is 5.10 Å². The first-order valence-corrected chi connectivity index (χ1v) is 5.47. The number of hydrogen-bond acceptors (Lipinski definition) is 2. The van der Waals surface area contributed by atoms with Crippen LogP contribution in [-0.4, -0.2) is 16.8 Å². The molecule has 1 rings (SSSR count). The van der Waals surface area contributed by atoms with Crippen molar-refractivity contribution in [2.45, 2.75) is 39.8 Å². The Kier molecular flexibility index (Phi) is 4.66. The minimum absolute atomic E-state index is 0.761. The van der Waals surface area contributed by atoms with E-state index in [0.29, 0.717) is 0 Å². The molecule has 0 saturated heterocycles. The zero-order valence-electron chi connectivity index (χ0n) is 9.45. The average Bonchev–Trinajstić information content (AvgIpc) is 2.63. The summed E-state index contributed by atoms with van der Waals surface area (Å²) in [6.07, 6.45) is 4.54. The predicted octanol–water partition coefficient (Wildman–Crippen LogP) is 2.04. The van der Waals surface area contributed by atoms with E-state index in [1.165, 1.54) is 12.8 Å². The molecule has 0 atom stereocenters. The smallest absolute Gasteiger partial charge is 0.0762 e. The van der Waals surface area contributed by atoms with Gasteiger partial charge in [0.1, 0.15) is 0 Å². The van der Waals surface area contributed by atoms with Crippen molar-refractivity contribution in [3.05, 3.63) is 18.0 Å². The van der Waals surface area contributed by atoms with Crippen LogP contribution < -0.4 is 5.32 Å². The van der Waals surface area contributed by atoms with Crippen LogP contribution in [0.25, 0.3) is 0 Å². The summed E-state index contributed by atoms with van der Waals surface area (Å²) in [5.74, 6) is 0.761. The highest BCUT2D eigenvalue weighted by Gasteiger charge is 2.05. The first kappa shape index (κ1) is 11.2. The van der Waals surface area contributed by atoms with E-state index in [4.69, 9.17) is 0 Å². The normalized spacial score (nSPS) is 11.1. The fourth-order valence-electron chi connectivity index (χ4n) is 1.59. The van der Waals surface area contributed by atoms with Crippen LogP contribution in [0.4, 0.5) is 0 Å². The fraction of sp³-hybridized carbons (Fsp3) is 0.727. The number of nitrogens with one attached hydrogen (secondary N) is 1. The molecule has 0 spiro atoms. The van der Waals surface area contributed by atoms with Gasteiger partial charge in [0.2, 0.25) is 0 Å². The van der Waals surface area contributed by atoms with Crippen LogP contribution in [-0.2, 0) is 13.1 Å². The molecular formula is C11H21N3. The largest absolute Gasteiger partial charge is 0.314 e. The summed E-state index contributed by atoms with van der Waals surface area (Å²) in [4.78, 5) is 0. The van der Waals surface area contributed by atoms with Crippen molar-refractivity contribution in [2.75, 3.05) is 7.05 Å². The van der Waals surface area contributed by atoms with E-state index in [1.807, 2.05) is 7.05 Å². The molecule has 0 fully saturated rings. The SMILES string of the molecule is CCC(CC)Cn1ccc(CNC)n1. The van der Waals surface area contributed by atoms with Crippen LogP contribution >= 0.6 is 0 Å². The molecule has 1 aromatic heterocycles. The summed E-state index contributed by atoms with van der Waals surface area (Å²) >= 11 is 0. The van der Waals surface area contributed by atoms with E-state index < -0.39 is 0 Å². The summed E-state index contributed by atoms with van der Waals surface area (Å²) in [6, 6.07) is 2.08. The van der Waals surface area contributed by atoms with Crippen LogP contribution in [0.5, 0.6) is 0 Å². The molecule has 3 nitrogen and oxygen atoms in total. The van der Waals surface area contributed by atoms with Gasteiger partial charge in [-0.3, -0.25) is 4.68 Å². The summed E-state index contributed by atoms with van der Waals surface area (Å²) in [5, 5.41) is 7.59. The van der Waals surface area contributed by atoms with E-state index in [2.05, 4.69) is 41.2 Å². The third kappa shape index (κ3) is 3.14. The highest BCUT2D eigenvalue weighted by atomic mass is 15.3. The van der Waals surface area contributed by atoms with Crippen LogP contribution in [0.3, 0.4) is 0 Å². The lowest BCUT2D eigenvalue weighted by molar-refractivity contribution is 0.394. The summed E-state index contributed by atoms with van der Waals surface area (Å²) in [5.41, 5.74) is 1.12. The monoisotopic (exact) mass is 195 g/mol. The Morgan fingerprint density at radius 2 is 2.14 bits per heavy atom. The van der Waals surface area contributed by atoms with Gasteiger partial charge < -0.3 is 5.32 Å². The molecule has 0 amide bonds. The van der Waals surface area contributed by atoms with Gasteiger partial charge in [0.15, 0.2) is 0 Å². The summed E-state index contributed by atoms with van der Waals surface area (Å²) < 4.78 is 2.06. The lowest BCUT2D eigenvalue weighted by Crippen LogP contribution is -2.11. The minimum Gasteiger partial charge on any atom is -0.314 e. The van der Waals surface area contributed by atoms with Gasteiger partial charge in [0, 0.05) is 19.3 Å². The highest BCUT2D eigenvalue weighted by molar-refractivity contribution is 4.98. The fourth-order valence-corrected chi connectivity index (χ4v) is 1.59. The van der Waals surface area contributed by atoms with Crippen molar-refractivity contribution >= 4 is 0 Å². The predicted molar refractivity (Wildman–Crippen MR) is 59.1 cm³/mol. The molecule has 0 aliphatic carbocycles. The second kappa shape index (κ2) is 5.81. The Bertz CT molecular complexity index is 251. The van der Waals surface area contributed by atoms with Crippen molar-refractivity contribution in [1.82, 2.24) is 15.1 Å². The first-order valence-electron chi connectivity index (χ1n) is 5.47. The Balaban J connectivity index is 2.49. The minimum atomic E-state index is 0.761. The Hall–Kier alpha value is -0.830. The van der Waals surface area contributed by atoms with Crippen LogP contribution in [0.1, 0.15) is 32.4 Å². The van der Waals surface area contributed by atoms with Gasteiger partial charge in [-0.25, -0.2) is 0 Å². The molecular weight excluding hydrogens is 174 g/mol. The second-order valence-corrected chi connectivity index (χ2v) is 3.74. The molecule has 0 aliphatic heterocycles. The third-order valence-corrected chi connectivity index (χ3v) is 2.65. The molecule has 0 aromatic carbocycles. The Morgan fingerprint density at radius 1 is 1.43 bits per heavy atom. The van der Waals surface area contributed by atoms with E-state index in [0.717, 1.165) is 24.7 Å². The van der Waals surface area contributed by atoms with Gasteiger partial charge in [-0.1, -0.05) is 26.7 Å². The summed E-state index contributed by atoms with van der Waals surface area (Å²) in [7, 11) is 1.94. The highest BCUT2D eigenvalue weighted by Crippen LogP contribution is 2.10. The van der Waals surface area contributed by atoms with Gasteiger partial charge in [0.05, 0.1) is 5.69 Å². The molecule has 3 heteroatoms. The number of hydrogen-bond donors (Lipinski definition) is 1. The van der Waals surface area contributed by atoms with Crippen molar-refractivity contribution in [3.63, 3.8) is 0 Å². The van der Waals surface area contributed by atoms with Gasteiger partial charge in [0.25, 0.3) is 0 Å². The lowest BCUT2D eigenvalue weighted by atomic mass is 10.0. The summed E-state index contributed by atoms with van der Waals surface area (Å²) in [6.45, 7) is 6.39. The first-order chi connectivity index (χ1) is 6.80. The van der Waals surface area contributed by atoms with E-state index in [1.54, 1.807) is 0 Å². The number of rotatable bonds is 6. The molecule has 0 saturated carbocycles. The van der Waals surface area contributed by atoms with Crippen molar-refractivity contribution in [2.24, 2.45) is 5.92 Å². The van der Waals surface area contributed by atoms with Crippen LogP contribution in [0.2, 0.25) is 0 Å². The molecule has 0 aliphatic rings. The van der Waals surface area contributed by atoms with Crippen molar-refractivity contribution < 1.29 is 0 Å². The molecule has 0 bridgehead atoms. The molecule has 1 aromatic rings. The molecule has 80 valence electrons. The zero-order chi connectivity index (χ0) is 10.4. The maximum atomic E-state index is 4.49. The third-order valence-electron chi connectivity index (χ3n) is 2.65. The van der Waals surface area contributed by atoms with Gasteiger partial charge >= 0.3 is 0 Å². The molecule has 1 N–H and O–H groups in total. The molecule has 1 heterocycles. The molecule has 14 heavy (non-hydrogen) atoms. The molecule has 0 unspecified atom stereocenters. The maximum Gasteiger partial charge on any atom is 0.0762 e. The Labute approximate surface area is 86.5 Å². The quantitative estimate of drug-likeness (QED) is 0.752. The topological polar surface area (TPSA) is 29.9 Å². The van der Waals surface area contributed by atoms with E-state index in [-0.39, 0.29) is 0 Å². The van der Waals surface area contributed by atoms with Crippen LogP contribution in [0.15, 0.2) is 12.3 Å². The number of nitrogens with zero attached hydrogens (tertiary/aromatic N) is 2. The van der Waals surface area contributed by atoms with Crippen molar-refractivity contribution in [3.8, 4) is 0 Å². The van der Waals surface area contributed by atoms with Crippen molar-refractivity contribution in [1.29, 1.82) is 0 Å². The van der Waals surface area contributed by atoms with Gasteiger partial charge in [-0.15, -0.1) is 0 Å². The van der Waals surface area contributed by atoms with Gasteiger partial charge in [-0.05, 0) is 19.0 Å². The Morgan fingerprint density at radius 3 is 2.71 bits per heavy atom. The lowest BCUT2D eigenvalue weighted by Gasteiger charge is -2.11. The standard InChI is InChI=1S/C11H21N3/c1-4-10(5-2)9-14-7-6-11(13-14)8-12-3/h6-7,10,12H,4-5,8-9H2,1-3H3. The van der Waals surface area contributed by atoms with E-state index in [9.17, 15) is 0 Å². The van der Waals surface area contributed by atoms with Crippen LogP contribution in [0, 0.1) is 5.92 Å². The second-order valence-electron chi connectivity index (χ2n) is 3.74. The number of aromatic nitrogens is 2. The average molecular weight is 195 g/mol. The maximum absolute atomic E-state index is 4.49.